The van der Waals surface area contributed by atoms with E-state index in [1.54, 1.807) is 26.0 Å². The number of benzene rings is 2. The first kappa shape index (κ1) is 22.9. The fraction of sp³-hybridized carbons (Fsp3) is 0.364. The van der Waals surface area contributed by atoms with Crippen LogP contribution in [-0.2, 0) is 23.9 Å². The average Bonchev–Trinajstić information content (AvgIpc) is 2.70. The van der Waals surface area contributed by atoms with Gasteiger partial charge in [-0.2, -0.15) is 13.2 Å². The molecule has 0 spiro atoms. The van der Waals surface area contributed by atoms with Crippen LogP contribution in [0.25, 0.3) is 0 Å². The van der Waals surface area contributed by atoms with E-state index in [1.165, 1.54) is 0 Å². The van der Waals surface area contributed by atoms with Crippen LogP contribution in [0.1, 0.15) is 39.5 Å². The maximum absolute atomic E-state index is 14.3. The molecule has 1 aliphatic rings. The van der Waals surface area contributed by atoms with E-state index in [2.05, 4.69) is 5.32 Å². The van der Waals surface area contributed by atoms with Crippen molar-refractivity contribution >= 4 is 17.4 Å². The minimum absolute atomic E-state index is 0.0588. The van der Waals surface area contributed by atoms with Crippen molar-refractivity contribution in [2.45, 2.75) is 39.0 Å². The molecule has 5 nitrogen and oxygen atoms in total. The Balaban J connectivity index is 1.86. The number of aliphatic hydroxyl groups excluding tert-OH is 1. The summed E-state index contributed by atoms with van der Waals surface area (Å²) in [7, 11) is 0. The van der Waals surface area contributed by atoms with E-state index in [4.69, 9.17) is 0 Å². The number of carbonyl (C=O) groups is 2. The predicted molar refractivity (Wildman–Crippen MR) is 106 cm³/mol. The van der Waals surface area contributed by atoms with Crippen LogP contribution >= 0.6 is 0 Å². The van der Waals surface area contributed by atoms with Gasteiger partial charge in [-0.15, -0.1) is 0 Å². The number of hydrogen-bond donors (Lipinski definition) is 2. The fourth-order valence-electron chi connectivity index (χ4n) is 3.62. The highest BCUT2D eigenvalue weighted by Crippen LogP contribution is 2.33. The number of halogens is 4. The Morgan fingerprint density at radius 1 is 1.23 bits per heavy atom. The monoisotopic (exact) mass is 438 g/mol. The van der Waals surface area contributed by atoms with Crippen LogP contribution in [0.2, 0.25) is 0 Å². The molecule has 1 atom stereocenters. The van der Waals surface area contributed by atoms with Crippen LogP contribution in [0, 0.1) is 12.7 Å². The molecule has 0 unspecified atom stereocenters. The number of Topliss-reactive ketones (excluding diaryl/α,β-unsaturated/α-hetero) is 1. The maximum Gasteiger partial charge on any atom is 0.419 e. The third kappa shape index (κ3) is 4.77. The highest BCUT2D eigenvalue weighted by Gasteiger charge is 2.35. The summed E-state index contributed by atoms with van der Waals surface area (Å²) < 4.78 is 53.0. The fourth-order valence-corrected chi connectivity index (χ4v) is 3.62. The Hall–Kier alpha value is -2.78. The number of aryl methyl sites for hydroxylation is 1. The zero-order valence-electron chi connectivity index (χ0n) is 17.0. The number of ketones is 1. The summed E-state index contributed by atoms with van der Waals surface area (Å²) in [5.41, 5.74) is 0.0650. The lowest BCUT2D eigenvalue weighted by atomic mass is 9.93. The van der Waals surface area contributed by atoms with Gasteiger partial charge in [0.25, 0.3) is 0 Å². The lowest BCUT2D eigenvalue weighted by Gasteiger charge is -2.33. The molecule has 2 N–H and O–H groups in total. The van der Waals surface area contributed by atoms with Crippen molar-refractivity contribution < 1.29 is 32.3 Å². The predicted octanol–water partition coefficient (Wildman–Crippen LogP) is 3.71. The van der Waals surface area contributed by atoms with Gasteiger partial charge in [0.05, 0.1) is 30.8 Å². The lowest BCUT2D eigenvalue weighted by molar-refractivity contribution is -0.140. The number of rotatable bonds is 5. The van der Waals surface area contributed by atoms with Crippen LogP contribution in [-0.4, -0.2) is 40.9 Å². The molecular weight excluding hydrogens is 416 g/mol. The molecule has 0 fully saturated rings. The zero-order chi connectivity index (χ0) is 22.9. The van der Waals surface area contributed by atoms with Gasteiger partial charge in [-0.3, -0.25) is 14.5 Å². The molecule has 2 aromatic rings. The Morgan fingerprint density at radius 2 is 1.94 bits per heavy atom. The van der Waals surface area contributed by atoms with E-state index >= 15 is 0 Å². The molecule has 9 heteroatoms. The summed E-state index contributed by atoms with van der Waals surface area (Å²) in [6, 6.07) is 6.05. The molecule has 166 valence electrons. The summed E-state index contributed by atoms with van der Waals surface area (Å²) in [5.74, 6) is -2.46. The smallest absolute Gasteiger partial charge is 0.395 e. The van der Waals surface area contributed by atoms with Gasteiger partial charge in [0.1, 0.15) is 5.82 Å². The van der Waals surface area contributed by atoms with Gasteiger partial charge in [0.2, 0.25) is 5.91 Å². The molecule has 0 aliphatic carbocycles. The summed E-state index contributed by atoms with van der Waals surface area (Å²) in [4.78, 5) is 27.1. The molecule has 0 bridgehead atoms. The van der Waals surface area contributed by atoms with Crippen molar-refractivity contribution in [1.82, 2.24) is 4.90 Å². The number of nitrogens with zero attached hydrogens (tertiary/aromatic N) is 1. The normalized spacial score (nSPS) is 15.5. The largest absolute Gasteiger partial charge is 0.419 e. The van der Waals surface area contributed by atoms with Crippen LogP contribution in [0.15, 0.2) is 30.3 Å². The van der Waals surface area contributed by atoms with E-state index in [0.717, 1.165) is 12.1 Å². The quantitative estimate of drug-likeness (QED) is 0.699. The van der Waals surface area contributed by atoms with Crippen molar-refractivity contribution in [3.8, 4) is 0 Å². The number of fused-ring (bicyclic) bond motifs is 1. The number of anilines is 1. The first-order valence-electron chi connectivity index (χ1n) is 9.68. The van der Waals surface area contributed by atoms with E-state index in [1.807, 2.05) is 4.90 Å². The summed E-state index contributed by atoms with van der Waals surface area (Å²) in [6.45, 7) is 3.83. The molecule has 0 saturated carbocycles. The number of carbonyl (C=O) groups excluding carboxylic acids is 2. The molecule has 0 saturated heterocycles. The summed E-state index contributed by atoms with van der Waals surface area (Å²) >= 11 is 0. The van der Waals surface area contributed by atoms with Crippen LogP contribution in [0.4, 0.5) is 23.2 Å². The zero-order valence-corrected chi connectivity index (χ0v) is 17.0. The topological polar surface area (TPSA) is 69.6 Å². The minimum Gasteiger partial charge on any atom is -0.395 e. The van der Waals surface area contributed by atoms with E-state index < -0.39 is 29.9 Å². The third-order valence-electron chi connectivity index (χ3n) is 5.39. The van der Waals surface area contributed by atoms with Crippen molar-refractivity contribution in [2.75, 3.05) is 18.5 Å². The van der Waals surface area contributed by atoms with Gasteiger partial charge in [-0.25, -0.2) is 4.39 Å². The number of nitrogens with one attached hydrogen (secondary N) is 1. The molecule has 1 amide bonds. The molecule has 31 heavy (non-hydrogen) atoms. The van der Waals surface area contributed by atoms with Gasteiger partial charge in [-0.05, 0) is 36.6 Å². The Kier molecular flexibility index (Phi) is 6.47. The van der Waals surface area contributed by atoms with Crippen LogP contribution < -0.4 is 5.32 Å². The number of alkyl halides is 3. The van der Waals surface area contributed by atoms with Crippen LogP contribution in [0.3, 0.4) is 0 Å². The minimum atomic E-state index is -4.87. The Labute approximate surface area is 176 Å². The first-order valence-corrected chi connectivity index (χ1v) is 9.68. The second kappa shape index (κ2) is 8.76. The Bertz CT molecular complexity index is 1020. The molecule has 1 heterocycles. The van der Waals surface area contributed by atoms with Gasteiger partial charge in [-0.1, -0.05) is 24.3 Å². The van der Waals surface area contributed by atoms with Gasteiger partial charge >= 0.3 is 6.18 Å². The highest BCUT2D eigenvalue weighted by molar-refractivity contribution is 6.08. The van der Waals surface area contributed by atoms with Gasteiger partial charge < -0.3 is 10.4 Å². The molecular formula is C22H22F4N2O3. The maximum atomic E-state index is 14.3. The van der Waals surface area contributed by atoms with Crippen molar-refractivity contribution in [1.29, 1.82) is 0 Å². The van der Waals surface area contributed by atoms with E-state index in [0.29, 0.717) is 29.3 Å². The standard InChI is InChI=1S/C22H22F4N2O3/c1-12-6-7-15-9-28(13(2)11-29)10-17(30)19(15)21(12)27-18(31)8-14-4-3-5-16(20(14)23)22(24,25)26/h3-7,13,29H,8-11H2,1-2H3,(H,27,31)/t13-/m1/s1. The van der Waals surface area contributed by atoms with Gasteiger partial charge in [0, 0.05) is 18.2 Å². The van der Waals surface area contributed by atoms with Crippen molar-refractivity contribution in [2.24, 2.45) is 0 Å². The number of amides is 1. The average molecular weight is 438 g/mol. The lowest BCUT2D eigenvalue weighted by Crippen LogP contribution is -2.42. The number of hydrogen-bond acceptors (Lipinski definition) is 4. The first-order chi connectivity index (χ1) is 14.5. The second-order valence-electron chi connectivity index (χ2n) is 7.65. The molecule has 2 aromatic carbocycles. The molecule has 0 radical (unpaired) electrons. The Morgan fingerprint density at radius 3 is 2.58 bits per heavy atom. The molecule has 1 aliphatic heterocycles. The van der Waals surface area contributed by atoms with Crippen LogP contribution in [0.5, 0.6) is 0 Å². The number of aliphatic hydroxyl groups is 1. The summed E-state index contributed by atoms with van der Waals surface area (Å²) in [5, 5.41) is 11.9. The highest BCUT2D eigenvalue weighted by atomic mass is 19.4. The van der Waals surface area contributed by atoms with Gasteiger partial charge in [0.15, 0.2) is 5.78 Å². The van der Waals surface area contributed by atoms with E-state index in [-0.39, 0.29) is 36.2 Å². The SMILES string of the molecule is Cc1ccc2c(c1NC(=O)Cc1cccc(C(F)(F)F)c1F)C(=O)CN([C@H](C)CO)C2. The molecule has 3 rings (SSSR count). The second-order valence-corrected chi connectivity index (χ2v) is 7.65. The molecule has 0 aromatic heterocycles. The van der Waals surface area contributed by atoms with Crippen molar-refractivity contribution in [3.63, 3.8) is 0 Å². The third-order valence-corrected chi connectivity index (χ3v) is 5.39. The summed E-state index contributed by atoms with van der Waals surface area (Å²) in [6.07, 6.45) is -5.48. The van der Waals surface area contributed by atoms with E-state index in [9.17, 15) is 32.3 Å². The van der Waals surface area contributed by atoms with Crippen molar-refractivity contribution in [3.05, 3.63) is 64.0 Å².